The van der Waals surface area contributed by atoms with Crippen molar-refractivity contribution in [2.45, 2.75) is 6.42 Å². The first kappa shape index (κ1) is 19.9. The molecule has 0 aliphatic rings. The van der Waals surface area contributed by atoms with Crippen molar-refractivity contribution < 1.29 is 9.21 Å². The minimum Gasteiger partial charge on any atom is -0.472 e. The van der Waals surface area contributed by atoms with E-state index in [1.165, 1.54) is 11.3 Å². The maximum absolute atomic E-state index is 12.0. The summed E-state index contributed by atoms with van der Waals surface area (Å²) in [6.45, 7) is 1.49. The lowest BCUT2D eigenvalue weighted by atomic mass is 10.3. The fourth-order valence-electron chi connectivity index (χ4n) is 1.60. The lowest BCUT2D eigenvalue weighted by Gasteiger charge is -2.15. The van der Waals surface area contributed by atoms with Crippen molar-refractivity contribution in [3.05, 3.63) is 29.7 Å². The highest BCUT2D eigenvalue weighted by atomic mass is 35.5. The molecule has 0 aliphatic heterocycles. The average molecular weight is 352 g/mol. The zero-order chi connectivity index (χ0) is 13.7. The number of hydrogen-bond acceptors (Lipinski definition) is 5. The van der Waals surface area contributed by atoms with Gasteiger partial charge in [-0.15, -0.1) is 36.2 Å². The molecule has 0 radical (unpaired) electrons. The summed E-state index contributed by atoms with van der Waals surface area (Å²) in [5.41, 5.74) is 1.76. The molecule has 8 heteroatoms. The van der Waals surface area contributed by atoms with Crippen LogP contribution in [0.25, 0.3) is 10.6 Å². The first-order valence-electron chi connectivity index (χ1n) is 6.06. The lowest BCUT2D eigenvalue weighted by molar-refractivity contribution is -0.129. The number of likely N-dealkylation sites (N-methyl/N-ethyl adjacent to an activating group) is 2. The molecule has 1 amide bonds. The third-order valence-electron chi connectivity index (χ3n) is 2.78. The minimum absolute atomic E-state index is 0. The molecule has 0 fully saturated rings. The summed E-state index contributed by atoms with van der Waals surface area (Å²) in [5.74, 6) is 0.0827. The van der Waals surface area contributed by atoms with Crippen molar-refractivity contribution in [3.8, 4) is 10.6 Å². The van der Waals surface area contributed by atoms with Crippen LogP contribution < -0.4 is 5.32 Å². The molecule has 118 valence electrons. The zero-order valence-electron chi connectivity index (χ0n) is 11.9. The predicted molar refractivity (Wildman–Crippen MR) is 89.6 cm³/mol. The van der Waals surface area contributed by atoms with Crippen LogP contribution in [0, 0.1) is 0 Å². The van der Waals surface area contributed by atoms with Gasteiger partial charge in [-0.3, -0.25) is 4.79 Å². The number of carbonyl (C=O) groups excluding carboxylic acids is 1. The number of furan rings is 1. The molecule has 0 saturated carbocycles. The second-order valence-electron chi connectivity index (χ2n) is 4.25. The Hall–Kier alpha value is -1.08. The van der Waals surface area contributed by atoms with Crippen LogP contribution in [0.2, 0.25) is 0 Å². The van der Waals surface area contributed by atoms with Gasteiger partial charge in [-0.05, 0) is 13.1 Å². The quantitative estimate of drug-likeness (QED) is 0.868. The van der Waals surface area contributed by atoms with E-state index in [9.17, 15) is 4.79 Å². The van der Waals surface area contributed by atoms with E-state index in [0.717, 1.165) is 22.8 Å². The van der Waals surface area contributed by atoms with Gasteiger partial charge >= 0.3 is 0 Å². The Balaban J connectivity index is 0.00000200. The zero-order valence-corrected chi connectivity index (χ0v) is 14.3. The number of halogens is 2. The highest BCUT2D eigenvalue weighted by Crippen LogP contribution is 2.24. The number of amides is 1. The molecule has 2 aromatic heterocycles. The molecule has 0 unspecified atom stereocenters. The topological polar surface area (TPSA) is 58.4 Å². The summed E-state index contributed by atoms with van der Waals surface area (Å²) in [7, 11) is 3.68. The normalized spacial score (nSPS) is 9.62. The van der Waals surface area contributed by atoms with E-state index in [-0.39, 0.29) is 30.7 Å². The number of nitrogens with zero attached hydrogens (tertiary/aromatic N) is 2. The Labute approximate surface area is 140 Å². The first-order chi connectivity index (χ1) is 9.20. The maximum atomic E-state index is 12.0. The van der Waals surface area contributed by atoms with E-state index < -0.39 is 0 Å². The van der Waals surface area contributed by atoms with E-state index in [2.05, 4.69) is 10.3 Å². The summed E-state index contributed by atoms with van der Waals surface area (Å²) in [4.78, 5) is 18.1. The van der Waals surface area contributed by atoms with E-state index in [4.69, 9.17) is 4.42 Å². The second kappa shape index (κ2) is 9.78. The van der Waals surface area contributed by atoms with Crippen LogP contribution in [-0.4, -0.2) is 43.0 Å². The molecule has 21 heavy (non-hydrogen) atoms. The van der Waals surface area contributed by atoms with Crippen molar-refractivity contribution in [2.24, 2.45) is 0 Å². The van der Waals surface area contributed by atoms with Crippen molar-refractivity contribution in [2.75, 3.05) is 27.2 Å². The number of nitrogens with one attached hydrogen (secondary N) is 1. The molecule has 0 aliphatic carbocycles. The van der Waals surface area contributed by atoms with Crippen molar-refractivity contribution in [1.29, 1.82) is 0 Å². The van der Waals surface area contributed by atoms with Gasteiger partial charge < -0.3 is 14.6 Å². The monoisotopic (exact) mass is 351 g/mol. The smallest absolute Gasteiger partial charge is 0.228 e. The van der Waals surface area contributed by atoms with Gasteiger partial charge in [0.25, 0.3) is 0 Å². The summed E-state index contributed by atoms with van der Waals surface area (Å²) in [6, 6.07) is 1.86. The molecule has 0 saturated heterocycles. The summed E-state index contributed by atoms with van der Waals surface area (Å²) < 4.78 is 5.03. The van der Waals surface area contributed by atoms with Crippen LogP contribution in [0.4, 0.5) is 0 Å². The molecule has 1 N–H and O–H groups in total. The molecule has 2 aromatic rings. The number of aromatic nitrogens is 1. The Kier molecular flexibility index (Phi) is 9.28. The van der Waals surface area contributed by atoms with Crippen molar-refractivity contribution >= 4 is 42.1 Å². The minimum atomic E-state index is 0. The van der Waals surface area contributed by atoms with E-state index >= 15 is 0 Å². The molecule has 2 rings (SSSR count). The van der Waals surface area contributed by atoms with Gasteiger partial charge in [-0.1, -0.05) is 0 Å². The maximum Gasteiger partial charge on any atom is 0.228 e. The van der Waals surface area contributed by atoms with Crippen LogP contribution in [0.3, 0.4) is 0 Å². The van der Waals surface area contributed by atoms with Gasteiger partial charge in [0, 0.05) is 31.1 Å². The van der Waals surface area contributed by atoms with Crippen LogP contribution in [0.15, 0.2) is 28.4 Å². The highest BCUT2D eigenvalue weighted by Gasteiger charge is 2.12. The first-order valence-corrected chi connectivity index (χ1v) is 6.94. The molecular formula is C13H19Cl2N3O2S. The van der Waals surface area contributed by atoms with E-state index in [0.29, 0.717) is 13.0 Å². The van der Waals surface area contributed by atoms with E-state index in [1.54, 1.807) is 17.4 Å². The molecule has 0 bridgehead atoms. The van der Waals surface area contributed by atoms with Gasteiger partial charge in [-0.2, -0.15) is 0 Å². The molecule has 2 heterocycles. The Bertz CT molecular complexity index is 531. The number of thiazole rings is 1. The fourth-order valence-corrected chi connectivity index (χ4v) is 2.41. The van der Waals surface area contributed by atoms with Crippen molar-refractivity contribution in [3.63, 3.8) is 0 Å². The van der Waals surface area contributed by atoms with Crippen LogP contribution in [0.1, 0.15) is 5.69 Å². The standard InChI is InChI=1S/C13H17N3O2S.2ClH/c1-14-4-5-16(2)12(17)7-11-9-19-13(15-11)10-3-6-18-8-10;;/h3,6,8-9,14H,4-5,7H2,1-2H3;2*1H. The Morgan fingerprint density at radius 1 is 1.48 bits per heavy atom. The second-order valence-corrected chi connectivity index (χ2v) is 5.11. The van der Waals surface area contributed by atoms with Gasteiger partial charge in [0.15, 0.2) is 0 Å². The summed E-state index contributed by atoms with van der Waals surface area (Å²) in [6.07, 6.45) is 3.62. The molecule has 0 atom stereocenters. The van der Waals surface area contributed by atoms with Gasteiger partial charge in [0.05, 0.1) is 18.4 Å². The molecular weight excluding hydrogens is 333 g/mol. The summed E-state index contributed by atoms with van der Waals surface area (Å²) >= 11 is 1.52. The Morgan fingerprint density at radius 2 is 2.24 bits per heavy atom. The largest absolute Gasteiger partial charge is 0.472 e. The third kappa shape index (κ3) is 5.67. The average Bonchev–Trinajstić information content (AvgIpc) is 3.05. The highest BCUT2D eigenvalue weighted by molar-refractivity contribution is 7.13. The summed E-state index contributed by atoms with van der Waals surface area (Å²) in [5, 5.41) is 5.83. The molecule has 0 aromatic carbocycles. The number of rotatable bonds is 6. The fraction of sp³-hybridized carbons (Fsp3) is 0.385. The van der Waals surface area contributed by atoms with Crippen LogP contribution in [-0.2, 0) is 11.2 Å². The Morgan fingerprint density at radius 3 is 2.86 bits per heavy atom. The van der Waals surface area contributed by atoms with Crippen molar-refractivity contribution in [1.82, 2.24) is 15.2 Å². The molecule has 0 spiro atoms. The van der Waals surface area contributed by atoms with Crippen LogP contribution >= 0.6 is 36.2 Å². The van der Waals surface area contributed by atoms with Gasteiger partial charge in [-0.25, -0.2) is 4.98 Å². The SMILES string of the molecule is CNCCN(C)C(=O)Cc1csc(-c2ccoc2)n1.Cl.Cl. The van der Waals surface area contributed by atoms with Gasteiger partial charge in [0.2, 0.25) is 5.91 Å². The van der Waals surface area contributed by atoms with Gasteiger partial charge in [0.1, 0.15) is 11.3 Å². The number of hydrogen-bond donors (Lipinski definition) is 1. The van der Waals surface area contributed by atoms with Crippen LogP contribution in [0.5, 0.6) is 0 Å². The number of carbonyl (C=O) groups is 1. The third-order valence-corrected chi connectivity index (χ3v) is 3.72. The molecule has 5 nitrogen and oxygen atoms in total. The van der Waals surface area contributed by atoms with E-state index in [1.807, 2.05) is 25.5 Å². The predicted octanol–water partition coefficient (Wildman–Crippen LogP) is 2.47. The lowest BCUT2D eigenvalue weighted by Crippen LogP contribution is -2.33.